The summed E-state index contributed by atoms with van der Waals surface area (Å²) in [5.74, 6) is -0.303. The summed E-state index contributed by atoms with van der Waals surface area (Å²) in [6, 6.07) is 4.96. The number of nitrogens with zero attached hydrogens (tertiary/aromatic N) is 5. The Morgan fingerprint density at radius 1 is 1.35 bits per heavy atom. The molecule has 0 aliphatic carbocycles. The zero-order valence-corrected chi connectivity index (χ0v) is 14.0. The van der Waals surface area contributed by atoms with Gasteiger partial charge in [-0.2, -0.15) is 4.68 Å². The molecule has 0 aliphatic heterocycles. The zero-order valence-electron chi connectivity index (χ0n) is 14.0. The molecule has 3 aromatic rings. The van der Waals surface area contributed by atoms with Crippen molar-refractivity contribution in [3.63, 3.8) is 0 Å². The van der Waals surface area contributed by atoms with Gasteiger partial charge in [0.15, 0.2) is 17.2 Å². The summed E-state index contributed by atoms with van der Waals surface area (Å²) in [5, 5.41) is 24.1. The first-order valence-corrected chi connectivity index (χ1v) is 7.65. The third-order valence-corrected chi connectivity index (χ3v) is 3.47. The van der Waals surface area contributed by atoms with Crippen LogP contribution in [0.15, 0.2) is 22.8 Å². The van der Waals surface area contributed by atoms with Crippen LogP contribution >= 0.6 is 0 Å². The van der Waals surface area contributed by atoms with Gasteiger partial charge in [0.2, 0.25) is 11.6 Å². The SMILES string of the molecule is CCCOc1ccc(-c2c(C(=O)O)nnn2-c2nonc2N)cc1OC. The van der Waals surface area contributed by atoms with Gasteiger partial charge in [-0.1, -0.05) is 12.1 Å². The smallest absolute Gasteiger partial charge is 0.358 e. The minimum absolute atomic E-state index is 0.0327. The van der Waals surface area contributed by atoms with Crippen LogP contribution in [0.5, 0.6) is 11.5 Å². The van der Waals surface area contributed by atoms with Crippen molar-refractivity contribution in [2.45, 2.75) is 13.3 Å². The predicted octanol–water partition coefficient (Wildman–Crippen LogP) is 1.40. The molecule has 3 rings (SSSR count). The summed E-state index contributed by atoms with van der Waals surface area (Å²) in [4.78, 5) is 11.6. The van der Waals surface area contributed by atoms with E-state index in [4.69, 9.17) is 15.2 Å². The van der Waals surface area contributed by atoms with Crippen LogP contribution in [0.25, 0.3) is 17.1 Å². The summed E-state index contributed by atoms with van der Waals surface area (Å²) in [5.41, 5.74) is 6.03. The number of benzene rings is 1. The first kappa shape index (κ1) is 17.2. The number of carboxylic acids is 1. The average molecular weight is 360 g/mol. The van der Waals surface area contributed by atoms with Gasteiger partial charge in [0.25, 0.3) is 0 Å². The normalized spacial score (nSPS) is 10.7. The highest BCUT2D eigenvalue weighted by molar-refractivity contribution is 5.93. The maximum absolute atomic E-state index is 11.6. The maximum Gasteiger partial charge on any atom is 0.358 e. The number of aromatic carboxylic acids is 1. The van der Waals surface area contributed by atoms with Crippen molar-refractivity contribution in [2.75, 3.05) is 19.5 Å². The van der Waals surface area contributed by atoms with E-state index < -0.39 is 5.97 Å². The van der Waals surface area contributed by atoms with Gasteiger partial charge in [0, 0.05) is 5.56 Å². The largest absolute Gasteiger partial charge is 0.493 e. The Labute approximate surface area is 147 Å². The highest BCUT2D eigenvalue weighted by atomic mass is 16.6. The lowest BCUT2D eigenvalue weighted by Crippen LogP contribution is -2.06. The van der Waals surface area contributed by atoms with E-state index in [9.17, 15) is 9.90 Å². The number of methoxy groups -OCH3 is 1. The number of carboxylic acid groups (broad SMARTS) is 1. The lowest BCUT2D eigenvalue weighted by atomic mass is 10.1. The van der Waals surface area contributed by atoms with Crippen molar-refractivity contribution < 1.29 is 24.0 Å². The highest BCUT2D eigenvalue weighted by Crippen LogP contribution is 2.34. The molecule has 0 fully saturated rings. The Kier molecular flexibility index (Phi) is 4.69. The first-order chi connectivity index (χ1) is 12.6. The minimum Gasteiger partial charge on any atom is -0.493 e. The molecule has 0 saturated heterocycles. The van der Waals surface area contributed by atoms with E-state index in [1.165, 1.54) is 7.11 Å². The Bertz CT molecular complexity index is 935. The average Bonchev–Trinajstić information content (AvgIpc) is 3.25. The van der Waals surface area contributed by atoms with Crippen molar-refractivity contribution in [3.8, 4) is 28.6 Å². The van der Waals surface area contributed by atoms with Gasteiger partial charge in [0.1, 0.15) is 5.69 Å². The second kappa shape index (κ2) is 7.09. The van der Waals surface area contributed by atoms with Crippen LogP contribution in [0, 0.1) is 0 Å². The fraction of sp³-hybridized carbons (Fsp3) is 0.267. The van der Waals surface area contributed by atoms with Crippen molar-refractivity contribution >= 4 is 11.8 Å². The van der Waals surface area contributed by atoms with E-state index in [1.807, 2.05) is 6.92 Å². The van der Waals surface area contributed by atoms with Crippen molar-refractivity contribution in [3.05, 3.63) is 23.9 Å². The van der Waals surface area contributed by atoms with Crippen LogP contribution in [0.2, 0.25) is 0 Å². The summed E-state index contributed by atoms with van der Waals surface area (Å²) in [6.07, 6.45) is 0.837. The van der Waals surface area contributed by atoms with Gasteiger partial charge in [0.05, 0.1) is 13.7 Å². The monoisotopic (exact) mass is 360 g/mol. The van der Waals surface area contributed by atoms with Crippen molar-refractivity contribution in [2.24, 2.45) is 0 Å². The van der Waals surface area contributed by atoms with Crippen LogP contribution in [-0.4, -0.2) is 50.1 Å². The first-order valence-electron chi connectivity index (χ1n) is 7.65. The number of carbonyl (C=O) groups is 1. The van der Waals surface area contributed by atoms with Crippen LogP contribution in [-0.2, 0) is 0 Å². The van der Waals surface area contributed by atoms with Gasteiger partial charge in [-0.15, -0.1) is 5.10 Å². The van der Waals surface area contributed by atoms with Crippen LogP contribution in [0.3, 0.4) is 0 Å². The highest BCUT2D eigenvalue weighted by Gasteiger charge is 2.25. The van der Waals surface area contributed by atoms with E-state index in [1.54, 1.807) is 18.2 Å². The second-order valence-corrected chi connectivity index (χ2v) is 5.19. The number of nitrogens with two attached hydrogens (primary N) is 1. The molecule has 0 atom stereocenters. The van der Waals surface area contributed by atoms with Gasteiger partial charge in [-0.25, -0.2) is 9.42 Å². The molecule has 3 N–H and O–H groups in total. The standard InChI is InChI=1S/C15H16N6O5/c1-3-6-25-9-5-4-8(7-10(9)24-2)12-11(15(22)23)17-20-21(12)14-13(16)18-26-19-14/h4-5,7H,3,6H2,1-2H3,(H2,16,18)(H,22,23). The topological polar surface area (TPSA) is 151 Å². The van der Waals surface area contributed by atoms with Crippen molar-refractivity contribution in [1.29, 1.82) is 0 Å². The van der Waals surface area contributed by atoms with Crippen LogP contribution in [0.4, 0.5) is 5.82 Å². The molecule has 0 radical (unpaired) electrons. The fourth-order valence-electron chi connectivity index (χ4n) is 2.32. The number of hydrogen-bond acceptors (Lipinski definition) is 9. The Morgan fingerprint density at radius 3 is 2.77 bits per heavy atom. The van der Waals surface area contributed by atoms with Gasteiger partial charge < -0.3 is 20.3 Å². The van der Waals surface area contributed by atoms with Crippen LogP contribution in [0.1, 0.15) is 23.8 Å². The predicted molar refractivity (Wildman–Crippen MR) is 88.4 cm³/mol. The van der Waals surface area contributed by atoms with E-state index in [-0.39, 0.29) is 23.0 Å². The lowest BCUT2D eigenvalue weighted by molar-refractivity contribution is 0.0691. The maximum atomic E-state index is 11.6. The molecule has 1 aromatic carbocycles. The van der Waals surface area contributed by atoms with Gasteiger partial charge in [-0.05, 0) is 34.9 Å². The summed E-state index contributed by atoms with van der Waals surface area (Å²) in [7, 11) is 1.49. The summed E-state index contributed by atoms with van der Waals surface area (Å²) in [6.45, 7) is 2.51. The van der Waals surface area contributed by atoms with Crippen LogP contribution < -0.4 is 15.2 Å². The minimum atomic E-state index is -1.26. The number of nitrogen functional groups attached to an aromatic ring is 1. The number of rotatable bonds is 7. The third-order valence-electron chi connectivity index (χ3n) is 3.47. The molecule has 11 nitrogen and oxygen atoms in total. The summed E-state index contributed by atoms with van der Waals surface area (Å²) < 4.78 is 16.7. The molecule has 0 aliphatic rings. The number of anilines is 1. The molecule has 11 heteroatoms. The molecular weight excluding hydrogens is 344 g/mol. The summed E-state index contributed by atoms with van der Waals surface area (Å²) >= 11 is 0. The quantitative estimate of drug-likeness (QED) is 0.632. The molecular formula is C15H16N6O5. The Balaban J connectivity index is 2.15. The van der Waals surface area contributed by atoms with E-state index in [0.717, 1.165) is 11.1 Å². The third kappa shape index (κ3) is 3.01. The van der Waals surface area contributed by atoms with Gasteiger partial charge in [-0.3, -0.25) is 0 Å². The Morgan fingerprint density at radius 2 is 2.15 bits per heavy atom. The molecule has 0 spiro atoms. The van der Waals surface area contributed by atoms with Crippen molar-refractivity contribution in [1.82, 2.24) is 25.3 Å². The fourth-order valence-corrected chi connectivity index (χ4v) is 2.32. The van der Waals surface area contributed by atoms with E-state index in [2.05, 4.69) is 25.3 Å². The van der Waals surface area contributed by atoms with Gasteiger partial charge >= 0.3 is 5.97 Å². The number of aromatic nitrogens is 5. The molecule has 0 bridgehead atoms. The lowest BCUT2D eigenvalue weighted by Gasteiger charge is -2.12. The molecule has 0 unspecified atom stereocenters. The molecule has 0 saturated carbocycles. The molecule has 2 heterocycles. The number of ether oxygens (including phenoxy) is 2. The molecule has 0 amide bonds. The second-order valence-electron chi connectivity index (χ2n) is 5.19. The number of hydrogen-bond donors (Lipinski definition) is 2. The van der Waals surface area contributed by atoms with E-state index >= 15 is 0 Å². The molecule has 136 valence electrons. The molecule has 26 heavy (non-hydrogen) atoms. The van der Waals surface area contributed by atoms with E-state index in [0.29, 0.717) is 23.7 Å². The molecule has 2 aromatic heterocycles. The Hall–Kier alpha value is -3.63. The zero-order chi connectivity index (χ0) is 18.7.